The van der Waals surface area contributed by atoms with Gasteiger partial charge >= 0.3 is 0 Å². The van der Waals surface area contributed by atoms with Gasteiger partial charge in [-0.15, -0.1) is 0 Å². The average Bonchev–Trinajstić information content (AvgIpc) is 2.36. The molecule has 0 aliphatic carbocycles. The SMILES string of the molecule is COCCCOCCS(=O)(=O)c1ccc(N)c(F)c1. The van der Waals surface area contributed by atoms with Gasteiger partial charge in [-0.25, -0.2) is 12.8 Å². The van der Waals surface area contributed by atoms with Gasteiger partial charge in [-0.3, -0.25) is 0 Å². The highest BCUT2D eigenvalue weighted by Gasteiger charge is 2.15. The number of halogens is 1. The molecule has 0 bridgehead atoms. The zero-order valence-corrected chi connectivity index (χ0v) is 11.6. The maximum absolute atomic E-state index is 13.2. The molecular weight excluding hydrogens is 273 g/mol. The Morgan fingerprint density at radius 2 is 2.00 bits per heavy atom. The van der Waals surface area contributed by atoms with Crippen molar-refractivity contribution in [3.05, 3.63) is 24.0 Å². The van der Waals surface area contributed by atoms with Crippen molar-refractivity contribution in [2.45, 2.75) is 11.3 Å². The molecule has 0 unspecified atom stereocenters. The van der Waals surface area contributed by atoms with Gasteiger partial charge in [-0.2, -0.15) is 0 Å². The summed E-state index contributed by atoms with van der Waals surface area (Å²) < 4.78 is 46.9. The Balaban J connectivity index is 2.49. The summed E-state index contributed by atoms with van der Waals surface area (Å²) in [7, 11) is -1.96. The molecule has 0 aliphatic rings. The molecular formula is C12H18FNO4S. The van der Waals surface area contributed by atoms with E-state index in [2.05, 4.69) is 0 Å². The van der Waals surface area contributed by atoms with Crippen molar-refractivity contribution in [3.8, 4) is 0 Å². The van der Waals surface area contributed by atoms with Crippen LogP contribution in [0, 0.1) is 5.82 Å². The van der Waals surface area contributed by atoms with Crippen LogP contribution in [0.25, 0.3) is 0 Å². The molecule has 0 radical (unpaired) electrons. The third-order valence-electron chi connectivity index (χ3n) is 2.46. The second kappa shape index (κ2) is 7.42. The standard InChI is InChI=1S/C12H18FNO4S/c1-17-5-2-6-18-7-8-19(15,16)10-3-4-12(14)11(13)9-10/h3-4,9H,2,5-8,14H2,1H3. The Bertz CT molecular complexity index is 504. The summed E-state index contributed by atoms with van der Waals surface area (Å²) in [5, 5.41) is 0. The predicted octanol–water partition coefficient (Wildman–Crippen LogP) is 1.23. The van der Waals surface area contributed by atoms with Crippen LogP contribution >= 0.6 is 0 Å². The smallest absolute Gasteiger partial charge is 0.180 e. The largest absolute Gasteiger partial charge is 0.396 e. The van der Waals surface area contributed by atoms with Crippen LogP contribution in [0.1, 0.15) is 6.42 Å². The molecule has 0 atom stereocenters. The lowest BCUT2D eigenvalue weighted by atomic mass is 10.3. The van der Waals surface area contributed by atoms with Crippen molar-refractivity contribution in [3.63, 3.8) is 0 Å². The highest BCUT2D eigenvalue weighted by atomic mass is 32.2. The van der Waals surface area contributed by atoms with E-state index < -0.39 is 15.7 Å². The Morgan fingerprint density at radius 3 is 2.63 bits per heavy atom. The Morgan fingerprint density at radius 1 is 1.26 bits per heavy atom. The molecule has 1 aromatic rings. The molecule has 0 heterocycles. The first-order valence-electron chi connectivity index (χ1n) is 5.82. The summed E-state index contributed by atoms with van der Waals surface area (Å²) in [6.07, 6.45) is 0.701. The van der Waals surface area contributed by atoms with Crippen molar-refractivity contribution in [2.24, 2.45) is 0 Å². The lowest BCUT2D eigenvalue weighted by Gasteiger charge is -2.06. The molecule has 0 aliphatic heterocycles. The first kappa shape index (κ1) is 15.9. The normalized spacial score (nSPS) is 11.7. The van der Waals surface area contributed by atoms with Crippen molar-refractivity contribution < 1.29 is 22.3 Å². The van der Waals surface area contributed by atoms with Gasteiger partial charge < -0.3 is 15.2 Å². The predicted molar refractivity (Wildman–Crippen MR) is 70.2 cm³/mol. The first-order chi connectivity index (χ1) is 8.97. The number of nitrogens with two attached hydrogens (primary N) is 1. The number of rotatable bonds is 8. The quantitative estimate of drug-likeness (QED) is 0.576. The molecule has 2 N–H and O–H groups in total. The second-order valence-electron chi connectivity index (χ2n) is 3.96. The number of sulfone groups is 1. The number of methoxy groups -OCH3 is 1. The van der Waals surface area contributed by atoms with Crippen molar-refractivity contribution >= 4 is 15.5 Å². The van der Waals surface area contributed by atoms with Gasteiger partial charge in [0, 0.05) is 20.3 Å². The monoisotopic (exact) mass is 291 g/mol. The van der Waals surface area contributed by atoms with Crippen molar-refractivity contribution in [1.29, 1.82) is 0 Å². The molecule has 5 nitrogen and oxygen atoms in total. The fraction of sp³-hybridized carbons (Fsp3) is 0.500. The Hall–Kier alpha value is -1.18. The first-order valence-corrected chi connectivity index (χ1v) is 7.47. The molecule has 1 rings (SSSR count). The fourth-order valence-corrected chi connectivity index (χ4v) is 2.53. The van der Waals surface area contributed by atoms with E-state index in [1.165, 1.54) is 12.1 Å². The highest BCUT2D eigenvalue weighted by molar-refractivity contribution is 7.91. The lowest BCUT2D eigenvalue weighted by Crippen LogP contribution is -2.14. The molecule has 19 heavy (non-hydrogen) atoms. The van der Waals surface area contributed by atoms with Crippen LogP contribution in [0.5, 0.6) is 0 Å². The van der Waals surface area contributed by atoms with Gasteiger partial charge in [-0.1, -0.05) is 0 Å². The molecule has 108 valence electrons. The van der Waals surface area contributed by atoms with E-state index in [1.807, 2.05) is 0 Å². The molecule has 0 saturated heterocycles. The zero-order valence-electron chi connectivity index (χ0n) is 10.8. The zero-order chi connectivity index (χ0) is 14.3. The van der Waals surface area contributed by atoms with E-state index in [4.69, 9.17) is 15.2 Å². The van der Waals surface area contributed by atoms with E-state index in [1.54, 1.807) is 7.11 Å². The minimum Gasteiger partial charge on any atom is -0.396 e. The van der Waals surface area contributed by atoms with Crippen LogP contribution in [-0.4, -0.2) is 41.1 Å². The van der Waals surface area contributed by atoms with Gasteiger partial charge in [0.1, 0.15) is 5.82 Å². The van der Waals surface area contributed by atoms with Gasteiger partial charge in [0.15, 0.2) is 9.84 Å². The van der Waals surface area contributed by atoms with Crippen LogP contribution in [0.4, 0.5) is 10.1 Å². The second-order valence-corrected chi connectivity index (χ2v) is 6.07. The lowest BCUT2D eigenvalue weighted by molar-refractivity contribution is 0.112. The van der Waals surface area contributed by atoms with E-state index in [9.17, 15) is 12.8 Å². The maximum Gasteiger partial charge on any atom is 0.180 e. The van der Waals surface area contributed by atoms with Crippen LogP contribution in [0.3, 0.4) is 0 Å². The molecule has 7 heteroatoms. The van der Waals surface area contributed by atoms with Crippen LogP contribution in [0.15, 0.2) is 23.1 Å². The van der Waals surface area contributed by atoms with E-state index in [0.717, 1.165) is 6.07 Å². The number of benzene rings is 1. The number of nitrogen functional groups attached to an aromatic ring is 1. The summed E-state index contributed by atoms with van der Waals surface area (Å²) in [4.78, 5) is -0.0836. The minimum absolute atomic E-state index is 0.0675. The summed E-state index contributed by atoms with van der Waals surface area (Å²) in [5.74, 6) is -0.925. The Kier molecular flexibility index (Phi) is 6.20. The third kappa shape index (κ3) is 5.14. The molecule has 0 amide bonds. The third-order valence-corrected chi connectivity index (χ3v) is 4.14. The van der Waals surface area contributed by atoms with Gasteiger partial charge in [0.05, 0.1) is 22.9 Å². The van der Waals surface area contributed by atoms with Crippen LogP contribution < -0.4 is 5.73 Å². The molecule has 0 fully saturated rings. The molecule has 0 spiro atoms. The van der Waals surface area contributed by atoms with E-state index in [0.29, 0.717) is 19.6 Å². The highest BCUT2D eigenvalue weighted by Crippen LogP contribution is 2.17. The number of ether oxygens (including phenoxy) is 2. The molecule has 0 saturated carbocycles. The summed E-state index contributed by atoms with van der Waals surface area (Å²) in [5.41, 5.74) is 5.22. The fourth-order valence-electron chi connectivity index (χ4n) is 1.40. The molecule has 0 aromatic heterocycles. The van der Waals surface area contributed by atoms with E-state index >= 15 is 0 Å². The number of anilines is 1. The van der Waals surface area contributed by atoms with Crippen molar-refractivity contribution in [2.75, 3.05) is 38.4 Å². The van der Waals surface area contributed by atoms with Crippen molar-refractivity contribution in [1.82, 2.24) is 0 Å². The van der Waals surface area contributed by atoms with Gasteiger partial charge in [-0.05, 0) is 24.6 Å². The van der Waals surface area contributed by atoms with Gasteiger partial charge in [0.2, 0.25) is 0 Å². The topological polar surface area (TPSA) is 78.6 Å². The maximum atomic E-state index is 13.2. The van der Waals surface area contributed by atoms with Crippen LogP contribution in [0.2, 0.25) is 0 Å². The van der Waals surface area contributed by atoms with Crippen LogP contribution in [-0.2, 0) is 19.3 Å². The Labute approximate surface area is 112 Å². The molecule has 1 aromatic carbocycles. The summed E-state index contributed by atoms with van der Waals surface area (Å²) >= 11 is 0. The number of hydrogen-bond acceptors (Lipinski definition) is 5. The number of hydrogen-bond donors (Lipinski definition) is 1. The summed E-state index contributed by atoms with van der Waals surface area (Å²) in [6, 6.07) is 3.45. The van der Waals surface area contributed by atoms with E-state index in [-0.39, 0.29) is 22.9 Å². The average molecular weight is 291 g/mol. The summed E-state index contributed by atoms with van der Waals surface area (Å²) in [6.45, 7) is 1.06. The van der Waals surface area contributed by atoms with Gasteiger partial charge in [0.25, 0.3) is 0 Å². The minimum atomic E-state index is -3.54.